The zero-order valence-electron chi connectivity index (χ0n) is 26.3. The van der Waals surface area contributed by atoms with Gasteiger partial charge in [0.1, 0.15) is 25.0 Å². The summed E-state index contributed by atoms with van der Waals surface area (Å²) in [6.45, 7) is 7.36. The predicted molar refractivity (Wildman–Crippen MR) is 169 cm³/mol. The molecule has 0 N–H and O–H groups in total. The maximum absolute atomic E-state index is 12.9. The molecule has 4 heteroatoms. The van der Waals surface area contributed by atoms with Crippen LogP contribution in [0.15, 0.2) is 54.6 Å². The first kappa shape index (κ1) is 33.9. The number of quaternary nitrogens is 1. The summed E-state index contributed by atoms with van der Waals surface area (Å²) >= 11 is 0. The third kappa shape index (κ3) is 13.8. The summed E-state index contributed by atoms with van der Waals surface area (Å²) in [7, 11) is 4.16. The number of unbranched alkanes of at least 4 members (excludes halogenated alkanes) is 11. The van der Waals surface area contributed by atoms with Crippen molar-refractivity contribution in [1.29, 1.82) is 0 Å². The summed E-state index contributed by atoms with van der Waals surface area (Å²) in [5.41, 5.74) is 2.54. The Balaban J connectivity index is 1.66. The lowest BCUT2D eigenvalue weighted by Gasteiger charge is -2.34. The first-order chi connectivity index (χ1) is 19.4. The maximum atomic E-state index is 12.9. The highest BCUT2D eigenvalue weighted by molar-refractivity contribution is 5.74. The quantitative estimate of drug-likeness (QED) is 0.0829. The second kappa shape index (κ2) is 19.7. The summed E-state index contributed by atoms with van der Waals surface area (Å²) in [4.78, 5) is 12.9. The smallest absolute Gasteiger partial charge is 0.364 e. The van der Waals surface area contributed by atoms with E-state index in [1.807, 2.05) is 31.2 Å². The summed E-state index contributed by atoms with van der Waals surface area (Å²) in [6.07, 6.45) is 18.2. The van der Waals surface area contributed by atoms with Gasteiger partial charge in [-0.15, -0.1) is 0 Å². The van der Waals surface area contributed by atoms with E-state index in [1.54, 1.807) is 0 Å². The lowest BCUT2D eigenvalue weighted by atomic mass is 10.0. The lowest BCUT2D eigenvalue weighted by molar-refractivity contribution is -0.917. The predicted octanol–water partition coefficient (Wildman–Crippen LogP) is 9.30. The Morgan fingerprint density at radius 1 is 0.750 bits per heavy atom. The van der Waals surface area contributed by atoms with Crippen LogP contribution in [-0.2, 0) is 22.5 Å². The van der Waals surface area contributed by atoms with Gasteiger partial charge in [0.2, 0.25) is 0 Å². The number of carbonyl (C=O) groups is 1. The van der Waals surface area contributed by atoms with Crippen LogP contribution in [0.25, 0.3) is 0 Å². The highest BCUT2D eigenvalue weighted by Gasteiger charge is 2.32. The molecule has 2 aromatic rings. The number of nitrogens with zero attached hydrogens (tertiary/aromatic N) is 1. The Morgan fingerprint density at radius 2 is 1.32 bits per heavy atom. The SMILES string of the molecule is CCCCCCCCCCCCCCc1cccc(OC(CC)COC(=O)C(C)[N+](C)(C)Cc2ccccc2)c1. The molecule has 0 radical (unpaired) electrons. The van der Waals surface area contributed by atoms with Gasteiger partial charge in [0.25, 0.3) is 0 Å². The van der Waals surface area contributed by atoms with Crippen molar-refractivity contribution >= 4 is 5.97 Å². The molecule has 0 heterocycles. The third-order valence-electron chi connectivity index (χ3n) is 8.21. The van der Waals surface area contributed by atoms with Crippen molar-refractivity contribution in [3.63, 3.8) is 0 Å². The second-order valence-corrected chi connectivity index (χ2v) is 12.2. The number of hydrogen-bond donors (Lipinski definition) is 0. The van der Waals surface area contributed by atoms with E-state index in [0.29, 0.717) is 4.48 Å². The molecule has 0 saturated carbocycles. The molecule has 40 heavy (non-hydrogen) atoms. The van der Waals surface area contributed by atoms with Crippen molar-refractivity contribution < 1.29 is 18.8 Å². The Labute approximate surface area is 246 Å². The van der Waals surface area contributed by atoms with E-state index in [4.69, 9.17) is 9.47 Å². The van der Waals surface area contributed by atoms with Crippen LogP contribution < -0.4 is 4.74 Å². The summed E-state index contributed by atoms with van der Waals surface area (Å²) in [5, 5.41) is 0. The number of aryl methyl sites for hydroxylation is 1. The molecule has 0 spiro atoms. The van der Waals surface area contributed by atoms with Crippen LogP contribution in [0.1, 0.15) is 115 Å². The fourth-order valence-corrected chi connectivity index (χ4v) is 5.14. The van der Waals surface area contributed by atoms with E-state index in [-0.39, 0.29) is 24.7 Å². The van der Waals surface area contributed by atoms with Gasteiger partial charge in [-0.1, -0.05) is 127 Å². The van der Waals surface area contributed by atoms with Crippen LogP contribution in [0.2, 0.25) is 0 Å². The van der Waals surface area contributed by atoms with Gasteiger partial charge in [-0.3, -0.25) is 0 Å². The van der Waals surface area contributed by atoms with Gasteiger partial charge in [0, 0.05) is 5.56 Å². The minimum Gasteiger partial charge on any atom is -0.487 e. The molecule has 2 rings (SSSR count). The van der Waals surface area contributed by atoms with Crippen molar-refractivity contribution in [2.24, 2.45) is 0 Å². The van der Waals surface area contributed by atoms with E-state index in [9.17, 15) is 4.79 Å². The van der Waals surface area contributed by atoms with Crippen LogP contribution in [0.5, 0.6) is 5.75 Å². The van der Waals surface area contributed by atoms with Crippen molar-refractivity contribution in [2.75, 3.05) is 20.7 Å². The third-order valence-corrected chi connectivity index (χ3v) is 8.21. The molecule has 0 aliphatic carbocycles. The topological polar surface area (TPSA) is 35.5 Å². The molecule has 2 unspecified atom stereocenters. The fraction of sp³-hybridized carbons (Fsp3) is 0.639. The van der Waals surface area contributed by atoms with Crippen molar-refractivity contribution in [3.05, 3.63) is 65.7 Å². The fourth-order valence-electron chi connectivity index (χ4n) is 5.14. The second-order valence-electron chi connectivity index (χ2n) is 12.2. The molecule has 0 aromatic heterocycles. The van der Waals surface area contributed by atoms with Crippen molar-refractivity contribution in [2.45, 2.75) is 129 Å². The number of esters is 1. The average Bonchev–Trinajstić information content (AvgIpc) is 2.95. The van der Waals surface area contributed by atoms with Crippen LogP contribution in [-0.4, -0.2) is 43.3 Å². The van der Waals surface area contributed by atoms with Gasteiger partial charge in [-0.25, -0.2) is 4.79 Å². The normalized spacial score (nSPS) is 13.1. The largest absolute Gasteiger partial charge is 0.487 e. The number of hydrogen-bond acceptors (Lipinski definition) is 3. The molecular formula is C36H58NO3+. The maximum Gasteiger partial charge on any atom is 0.364 e. The molecule has 0 aliphatic heterocycles. The van der Waals surface area contributed by atoms with Gasteiger partial charge >= 0.3 is 5.97 Å². The molecule has 0 fully saturated rings. The molecular weight excluding hydrogens is 494 g/mol. The summed E-state index contributed by atoms with van der Waals surface area (Å²) in [6, 6.07) is 18.5. The first-order valence-corrected chi connectivity index (χ1v) is 16.1. The number of benzene rings is 2. The summed E-state index contributed by atoms with van der Waals surface area (Å²) < 4.78 is 12.5. The zero-order chi connectivity index (χ0) is 29.1. The number of rotatable bonds is 22. The molecule has 2 aromatic carbocycles. The van der Waals surface area contributed by atoms with E-state index >= 15 is 0 Å². The van der Waals surface area contributed by atoms with E-state index in [0.717, 1.165) is 25.1 Å². The van der Waals surface area contributed by atoms with Gasteiger partial charge in [-0.2, -0.15) is 0 Å². The Kier molecular flexibility index (Phi) is 16.7. The van der Waals surface area contributed by atoms with Gasteiger partial charge in [0.15, 0.2) is 6.04 Å². The van der Waals surface area contributed by atoms with E-state index < -0.39 is 0 Å². The van der Waals surface area contributed by atoms with Crippen LogP contribution in [0.3, 0.4) is 0 Å². The molecule has 0 bridgehead atoms. The molecule has 4 nitrogen and oxygen atoms in total. The highest BCUT2D eigenvalue weighted by Crippen LogP contribution is 2.20. The summed E-state index contributed by atoms with van der Waals surface area (Å²) in [5.74, 6) is 0.691. The Morgan fingerprint density at radius 3 is 1.93 bits per heavy atom. The van der Waals surface area contributed by atoms with Crippen molar-refractivity contribution in [1.82, 2.24) is 0 Å². The lowest BCUT2D eigenvalue weighted by Crippen LogP contribution is -2.51. The van der Waals surface area contributed by atoms with Crippen LogP contribution >= 0.6 is 0 Å². The standard InChI is InChI=1S/C36H58NO3/c1-6-8-9-10-11-12-13-14-15-16-17-19-23-32-26-22-27-35(28-32)40-34(7-2)30-39-36(38)31(3)37(4,5)29-33-24-20-18-21-25-33/h18,20-22,24-28,31,34H,6-17,19,23,29-30H2,1-5H3/q+1. The molecule has 0 amide bonds. The van der Waals surface area contributed by atoms with Gasteiger partial charge in [-0.05, 0) is 43.9 Å². The highest BCUT2D eigenvalue weighted by atomic mass is 16.6. The molecule has 0 saturated heterocycles. The van der Waals surface area contributed by atoms with Crippen molar-refractivity contribution in [3.8, 4) is 5.75 Å². The van der Waals surface area contributed by atoms with E-state index in [2.05, 4.69) is 58.3 Å². The van der Waals surface area contributed by atoms with Crippen LogP contribution in [0.4, 0.5) is 0 Å². The number of ether oxygens (including phenoxy) is 2. The molecule has 2 atom stereocenters. The van der Waals surface area contributed by atoms with E-state index in [1.165, 1.54) is 88.2 Å². The zero-order valence-corrected chi connectivity index (χ0v) is 26.3. The minimum atomic E-state index is -0.267. The minimum absolute atomic E-state index is 0.150. The molecule has 0 aliphatic rings. The Bertz CT molecular complexity index is 927. The van der Waals surface area contributed by atoms with Gasteiger partial charge in [0.05, 0.1) is 14.1 Å². The Hall–Kier alpha value is -2.33. The molecule has 224 valence electrons. The first-order valence-electron chi connectivity index (χ1n) is 16.1. The monoisotopic (exact) mass is 552 g/mol. The number of likely N-dealkylation sites (N-methyl/N-ethyl adjacent to an activating group) is 1. The van der Waals surface area contributed by atoms with Crippen LogP contribution in [0, 0.1) is 0 Å². The average molecular weight is 553 g/mol. The van der Waals surface area contributed by atoms with Gasteiger partial charge < -0.3 is 14.0 Å². The number of carbonyl (C=O) groups excluding carboxylic acids is 1.